The van der Waals surface area contributed by atoms with Gasteiger partial charge < -0.3 is 5.73 Å². The van der Waals surface area contributed by atoms with Crippen molar-refractivity contribution >= 4 is 12.4 Å². The van der Waals surface area contributed by atoms with Crippen molar-refractivity contribution in [2.24, 2.45) is 12.8 Å². The molecule has 2 aromatic rings. The quantitative estimate of drug-likeness (QED) is 0.857. The molecule has 0 saturated heterocycles. The first kappa shape index (κ1) is 13.4. The summed E-state index contributed by atoms with van der Waals surface area (Å²) < 4.78 is 15.6. The predicted molar refractivity (Wildman–Crippen MR) is 63.9 cm³/mol. The van der Waals surface area contributed by atoms with E-state index in [9.17, 15) is 9.18 Å². The molecule has 0 aliphatic carbocycles. The zero-order valence-corrected chi connectivity index (χ0v) is 9.95. The number of hydrogen-bond donors (Lipinski definition) is 1. The second-order valence-corrected chi connectivity index (χ2v) is 3.41. The van der Waals surface area contributed by atoms with Gasteiger partial charge in [0.1, 0.15) is 12.1 Å². The molecule has 0 unspecified atom stereocenters. The number of aryl methyl sites for hydroxylation is 1. The van der Waals surface area contributed by atoms with Crippen LogP contribution in [0.5, 0.6) is 0 Å². The Hall–Kier alpha value is -1.66. The van der Waals surface area contributed by atoms with Crippen LogP contribution in [0.4, 0.5) is 4.39 Å². The van der Waals surface area contributed by atoms with Crippen molar-refractivity contribution in [1.82, 2.24) is 14.3 Å². The number of nitrogens with two attached hydrogens (primary N) is 1. The molecular formula is C10H12ClFN4O. The monoisotopic (exact) mass is 258 g/mol. The Morgan fingerprint density at radius 3 is 2.71 bits per heavy atom. The van der Waals surface area contributed by atoms with Gasteiger partial charge in [0, 0.05) is 19.7 Å². The molecule has 2 N–H and O–H groups in total. The fraction of sp³-hybridized carbons (Fsp3) is 0.200. The summed E-state index contributed by atoms with van der Waals surface area (Å²) in [6.45, 7) is 0.221. The lowest BCUT2D eigenvalue weighted by Gasteiger charge is -2.06. The van der Waals surface area contributed by atoms with Crippen molar-refractivity contribution in [2.45, 2.75) is 6.54 Å². The van der Waals surface area contributed by atoms with Gasteiger partial charge in [-0.2, -0.15) is 9.78 Å². The van der Waals surface area contributed by atoms with Crippen LogP contribution in [0.25, 0.3) is 5.69 Å². The first-order valence-electron chi connectivity index (χ1n) is 4.73. The van der Waals surface area contributed by atoms with Gasteiger partial charge in [0.25, 0.3) is 0 Å². The Labute approximate surface area is 103 Å². The van der Waals surface area contributed by atoms with Gasteiger partial charge in [-0.25, -0.2) is 9.18 Å². The van der Waals surface area contributed by atoms with Crippen molar-refractivity contribution < 1.29 is 4.39 Å². The van der Waals surface area contributed by atoms with Crippen molar-refractivity contribution in [3.63, 3.8) is 0 Å². The predicted octanol–water partition coefficient (Wildman–Crippen LogP) is 0.591. The summed E-state index contributed by atoms with van der Waals surface area (Å²) in [5.41, 5.74) is 6.24. The normalized spacial score (nSPS) is 10.1. The van der Waals surface area contributed by atoms with Gasteiger partial charge in [0.05, 0.1) is 5.69 Å². The van der Waals surface area contributed by atoms with Crippen molar-refractivity contribution in [1.29, 1.82) is 0 Å². The van der Waals surface area contributed by atoms with Crippen LogP contribution in [0.3, 0.4) is 0 Å². The summed E-state index contributed by atoms with van der Waals surface area (Å²) >= 11 is 0. The van der Waals surface area contributed by atoms with Crippen LogP contribution in [0.2, 0.25) is 0 Å². The molecule has 0 aliphatic heterocycles. The average Bonchev–Trinajstić information content (AvgIpc) is 2.60. The van der Waals surface area contributed by atoms with Gasteiger partial charge in [0.15, 0.2) is 0 Å². The second kappa shape index (κ2) is 5.11. The standard InChI is InChI=1S/C10H11FN4O.ClH/c1-14-6-13-15(10(14)16)9-4-8(11)3-2-7(9)5-12;/h2-4,6H,5,12H2,1H3;1H. The molecule has 0 spiro atoms. The van der Waals surface area contributed by atoms with Crippen molar-refractivity contribution in [3.8, 4) is 5.69 Å². The molecule has 17 heavy (non-hydrogen) atoms. The fourth-order valence-electron chi connectivity index (χ4n) is 1.45. The van der Waals surface area contributed by atoms with E-state index in [4.69, 9.17) is 5.73 Å². The van der Waals surface area contributed by atoms with Gasteiger partial charge in [0.2, 0.25) is 0 Å². The molecule has 5 nitrogen and oxygen atoms in total. The minimum absolute atomic E-state index is 0. The summed E-state index contributed by atoms with van der Waals surface area (Å²) in [5, 5.41) is 3.88. The Morgan fingerprint density at radius 2 is 2.18 bits per heavy atom. The maximum Gasteiger partial charge on any atom is 0.350 e. The molecule has 2 rings (SSSR count). The number of nitrogens with zero attached hydrogens (tertiary/aromatic N) is 3. The van der Waals surface area contributed by atoms with Crippen LogP contribution in [0.1, 0.15) is 5.56 Å². The summed E-state index contributed by atoms with van der Waals surface area (Å²) in [6.07, 6.45) is 1.37. The van der Waals surface area contributed by atoms with E-state index in [0.717, 1.165) is 4.68 Å². The Morgan fingerprint density at radius 1 is 1.47 bits per heavy atom. The van der Waals surface area contributed by atoms with E-state index in [-0.39, 0.29) is 24.6 Å². The van der Waals surface area contributed by atoms with E-state index < -0.39 is 5.82 Å². The summed E-state index contributed by atoms with van der Waals surface area (Å²) in [6, 6.07) is 4.10. The Bertz CT molecular complexity index is 578. The smallest absolute Gasteiger partial charge is 0.326 e. The molecule has 0 radical (unpaired) electrons. The number of halogens is 2. The van der Waals surface area contributed by atoms with Gasteiger partial charge in [-0.1, -0.05) is 6.07 Å². The number of benzene rings is 1. The van der Waals surface area contributed by atoms with E-state index in [1.165, 1.54) is 23.0 Å². The van der Waals surface area contributed by atoms with Crippen LogP contribution in [-0.2, 0) is 13.6 Å². The molecular weight excluding hydrogens is 247 g/mol. The topological polar surface area (TPSA) is 65.8 Å². The third-order valence-corrected chi connectivity index (χ3v) is 2.32. The summed E-state index contributed by atoms with van der Waals surface area (Å²) in [5.74, 6) is -0.426. The zero-order chi connectivity index (χ0) is 11.7. The highest BCUT2D eigenvalue weighted by molar-refractivity contribution is 5.85. The number of hydrogen-bond acceptors (Lipinski definition) is 3. The molecule has 1 aromatic carbocycles. The maximum absolute atomic E-state index is 13.1. The molecule has 92 valence electrons. The summed E-state index contributed by atoms with van der Waals surface area (Å²) in [7, 11) is 1.58. The van der Waals surface area contributed by atoms with Gasteiger partial charge >= 0.3 is 5.69 Å². The minimum Gasteiger partial charge on any atom is -0.326 e. The SMILES string of the molecule is Cl.Cn1cnn(-c2cc(F)ccc2CN)c1=O. The molecule has 7 heteroatoms. The summed E-state index contributed by atoms with van der Waals surface area (Å²) in [4.78, 5) is 11.6. The average molecular weight is 259 g/mol. The van der Waals surface area contributed by atoms with Crippen molar-refractivity contribution in [3.05, 3.63) is 46.4 Å². The highest BCUT2D eigenvalue weighted by Crippen LogP contribution is 2.13. The minimum atomic E-state index is -0.426. The first-order valence-corrected chi connectivity index (χ1v) is 4.73. The van der Waals surface area contributed by atoms with E-state index >= 15 is 0 Å². The van der Waals surface area contributed by atoms with Crippen molar-refractivity contribution in [2.75, 3.05) is 0 Å². The lowest BCUT2D eigenvalue weighted by Crippen LogP contribution is -2.23. The van der Waals surface area contributed by atoms with Crippen LogP contribution >= 0.6 is 12.4 Å². The maximum atomic E-state index is 13.1. The number of rotatable bonds is 2. The number of aromatic nitrogens is 3. The zero-order valence-electron chi connectivity index (χ0n) is 9.13. The van der Waals surface area contributed by atoms with E-state index in [0.29, 0.717) is 11.3 Å². The first-order chi connectivity index (χ1) is 7.63. The molecule has 0 amide bonds. The van der Waals surface area contributed by atoms with Gasteiger partial charge in [-0.15, -0.1) is 12.4 Å². The Kier molecular flexibility index (Phi) is 4.03. The Balaban J connectivity index is 0.00000144. The third kappa shape index (κ3) is 2.37. The van der Waals surface area contributed by atoms with Crippen LogP contribution in [-0.4, -0.2) is 14.3 Å². The highest BCUT2D eigenvalue weighted by atomic mass is 35.5. The molecule has 0 bridgehead atoms. The van der Waals surface area contributed by atoms with Crippen LogP contribution in [0, 0.1) is 5.82 Å². The fourth-order valence-corrected chi connectivity index (χ4v) is 1.45. The molecule has 0 saturated carbocycles. The largest absolute Gasteiger partial charge is 0.350 e. The highest BCUT2D eigenvalue weighted by Gasteiger charge is 2.09. The van der Waals surface area contributed by atoms with E-state index in [2.05, 4.69) is 5.10 Å². The molecule has 0 aliphatic rings. The lowest BCUT2D eigenvalue weighted by atomic mass is 10.2. The van der Waals surface area contributed by atoms with Crippen LogP contribution < -0.4 is 11.4 Å². The second-order valence-electron chi connectivity index (χ2n) is 3.41. The lowest BCUT2D eigenvalue weighted by molar-refractivity contribution is 0.623. The molecule has 1 heterocycles. The third-order valence-electron chi connectivity index (χ3n) is 2.32. The molecule has 0 atom stereocenters. The van der Waals surface area contributed by atoms with E-state index in [1.807, 2.05) is 0 Å². The van der Waals surface area contributed by atoms with E-state index in [1.54, 1.807) is 13.1 Å². The van der Waals surface area contributed by atoms with Gasteiger partial charge in [-0.3, -0.25) is 4.57 Å². The van der Waals surface area contributed by atoms with Gasteiger partial charge in [-0.05, 0) is 11.6 Å². The molecule has 1 aromatic heterocycles. The molecule has 0 fully saturated rings. The van der Waals surface area contributed by atoms with Crippen LogP contribution in [0.15, 0.2) is 29.3 Å².